The van der Waals surface area contributed by atoms with Crippen LogP contribution in [0.15, 0.2) is 48.6 Å². The molecule has 1 fully saturated rings. The summed E-state index contributed by atoms with van der Waals surface area (Å²) >= 11 is 0. The SMILES string of the molecule is COc1c(OC)c2c(c(OC)c1C(=O)ON1C(=O)CCC1=O)C(C=Cc1ccccc1)CC2C=CCCC(C)=O. The van der Waals surface area contributed by atoms with E-state index >= 15 is 0 Å². The molecule has 0 bridgehead atoms. The van der Waals surface area contributed by atoms with Crippen molar-refractivity contribution < 1.29 is 38.2 Å². The minimum absolute atomic E-state index is 0.0299. The molecular formula is C31H33NO8. The molecule has 1 aliphatic heterocycles. The van der Waals surface area contributed by atoms with E-state index in [9.17, 15) is 19.2 Å². The highest BCUT2D eigenvalue weighted by Crippen LogP contribution is 2.57. The number of ketones is 1. The Morgan fingerprint density at radius 2 is 1.48 bits per heavy atom. The molecule has 210 valence electrons. The molecule has 2 aromatic rings. The van der Waals surface area contributed by atoms with Crippen molar-refractivity contribution in [2.75, 3.05) is 21.3 Å². The second-order valence-corrected chi connectivity index (χ2v) is 9.65. The Hall–Kier alpha value is -4.40. The maximum atomic E-state index is 13.5. The molecule has 1 saturated heterocycles. The maximum absolute atomic E-state index is 13.5. The molecule has 9 nitrogen and oxygen atoms in total. The van der Waals surface area contributed by atoms with E-state index in [0.717, 1.165) is 16.7 Å². The van der Waals surface area contributed by atoms with Gasteiger partial charge in [0.2, 0.25) is 0 Å². The van der Waals surface area contributed by atoms with Crippen LogP contribution < -0.4 is 14.2 Å². The van der Waals surface area contributed by atoms with E-state index < -0.39 is 17.8 Å². The highest BCUT2D eigenvalue weighted by atomic mass is 16.7. The average molecular weight is 548 g/mol. The Labute approximate surface area is 233 Å². The van der Waals surface area contributed by atoms with Crippen LogP contribution in [-0.2, 0) is 19.2 Å². The van der Waals surface area contributed by atoms with Crippen LogP contribution in [0.2, 0.25) is 0 Å². The maximum Gasteiger partial charge on any atom is 0.371 e. The molecule has 2 unspecified atom stereocenters. The quantitative estimate of drug-likeness (QED) is 0.281. The minimum atomic E-state index is -0.968. The molecule has 0 spiro atoms. The van der Waals surface area contributed by atoms with Gasteiger partial charge in [0.05, 0.1) is 21.3 Å². The van der Waals surface area contributed by atoms with Crippen molar-refractivity contribution in [1.82, 2.24) is 5.06 Å². The summed E-state index contributed by atoms with van der Waals surface area (Å²) in [7, 11) is 4.32. The van der Waals surface area contributed by atoms with Crippen LogP contribution >= 0.6 is 0 Å². The van der Waals surface area contributed by atoms with Crippen LogP contribution in [0.3, 0.4) is 0 Å². The van der Waals surface area contributed by atoms with Gasteiger partial charge in [-0.3, -0.25) is 9.59 Å². The predicted octanol–water partition coefficient (Wildman–Crippen LogP) is 5.14. The molecule has 0 radical (unpaired) electrons. The van der Waals surface area contributed by atoms with Gasteiger partial charge in [0.25, 0.3) is 11.8 Å². The molecular weight excluding hydrogens is 514 g/mol. The summed E-state index contributed by atoms with van der Waals surface area (Å²) in [6.07, 6.45) is 9.70. The number of hydroxylamine groups is 2. The van der Waals surface area contributed by atoms with Gasteiger partial charge in [-0.2, -0.15) is 0 Å². The van der Waals surface area contributed by atoms with Crippen LogP contribution in [0.25, 0.3) is 6.08 Å². The zero-order valence-electron chi connectivity index (χ0n) is 23.1. The van der Waals surface area contributed by atoms with Gasteiger partial charge >= 0.3 is 5.97 Å². The molecule has 2 aliphatic rings. The summed E-state index contributed by atoms with van der Waals surface area (Å²) < 4.78 is 17.3. The molecule has 9 heteroatoms. The van der Waals surface area contributed by atoms with Crippen molar-refractivity contribution in [3.63, 3.8) is 0 Å². The highest BCUT2D eigenvalue weighted by molar-refractivity contribution is 6.04. The van der Waals surface area contributed by atoms with E-state index in [1.165, 1.54) is 21.3 Å². The number of carbonyl (C=O) groups is 4. The molecule has 2 aromatic carbocycles. The summed E-state index contributed by atoms with van der Waals surface area (Å²) in [5.41, 5.74) is 2.45. The molecule has 2 amide bonds. The normalized spacial score (nSPS) is 18.4. The Morgan fingerprint density at radius 3 is 2.08 bits per heavy atom. The number of nitrogens with zero attached hydrogens (tertiary/aromatic N) is 1. The van der Waals surface area contributed by atoms with Crippen molar-refractivity contribution in [2.24, 2.45) is 0 Å². The molecule has 0 saturated carbocycles. The molecule has 4 rings (SSSR count). The summed E-state index contributed by atoms with van der Waals surface area (Å²) in [6, 6.07) is 9.82. The second-order valence-electron chi connectivity index (χ2n) is 9.65. The summed E-state index contributed by atoms with van der Waals surface area (Å²) in [5.74, 6) is -1.72. The fourth-order valence-corrected chi connectivity index (χ4v) is 5.23. The topological polar surface area (TPSA) is 108 Å². The molecule has 0 N–H and O–H groups in total. The Kier molecular flexibility index (Phi) is 9.04. The number of imide groups is 1. The van der Waals surface area contributed by atoms with Gasteiger partial charge in [0.1, 0.15) is 17.1 Å². The number of rotatable bonds is 11. The lowest BCUT2D eigenvalue weighted by Gasteiger charge is -2.23. The zero-order chi connectivity index (χ0) is 28.8. The lowest BCUT2D eigenvalue weighted by molar-refractivity contribution is -0.172. The Morgan fingerprint density at radius 1 is 0.875 bits per heavy atom. The fourth-order valence-electron chi connectivity index (χ4n) is 5.23. The Balaban J connectivity index is 1.86. The van der Waals surface area contributed by atoms with Crippen LogP contribution in [0.1, 0.15) is 77.9 Å². The number of allylic oxidation sites excluding steroid dienone is 3. The lowest BCUT2D eigenvalue weighted by atomic mass is 9.94. The van der Waals surface area contributed by atoms with Gasteiger partial charge in [-0.25, -0.2) is 4.79 Å². The molecule has 40 heavy (non-hydrogen) atoms. The molecule has 2 atom stereocenters. The van der Waals surface area contributed by atoms with Crippen molar-refractivity contribution in [3.8, 4) is 17.2 Å². The van der Waals surface area contributed by atoms with Gasteiger partial charge in [-0.15, -0.1) is 5.06 Å². The first-order valence-corrected chi connectivity index (χ1v) is 13.1. The fraction of sp³-hybridized carbons (Fsp3) is 0.355. The zero-order valence-corrected chi connectivity index (χ0v) is 23.1. The molecule has 1 aliphatic carbocycles. The second kappa shape index (κ2) is 12.6. The summed E-state index contributed by atoms with van der Waals surface area (Å²) in [5, 5.41) is 0.494. The van der Waals surface area contributed by atoms with Crippen LogP contribution in [-0.4, -0.2) is 50.0 Å². The number of Topliss-reactive ketones (excluding diaryl/α,β-unsaturated/α-hetero) is 1. The number of methoxy groups -OCH3 is 3. The third-order valence-corrected chi connectivity index (χ3v) is 7.04. The predicted molar refractivity (Wildman–Crippen MR) is 147 cm³/mol. The first-order chi connectivity index (χ1) is 19.3. The summed E-state index contributed by atoms with van der Waals surface area (Å²) in [4.78, 5) is 54.6. The van der Waals surface area contributed by atoms with E-state index in [0.29, 0.717) is 30.1 Å². The van der Waals surface area contributed by atoms with Crippen LogP contribution in [0.4, 0.5) is 0 Å². The average Bonchev–Trinajstić information content (AvgIpc) is 3.47. The molecule has 1 heterocycles. The standard InChI is InChI=1S/C31H33NO8/c1-19(33)10-8-9-13-21-18-22(15-14-20-11-6-5-7-12-20)25-26(21)29(38-3)30(39-4)27(28(25)37-2)31(36)40-32-23(34)16-17-24(32)35/h5-7,9,11-15,21-22H,8,10,16-18H2,1-4H3. The molecule has 0 aromatic heterocycles. The number of benzene rings is 2. The Bertz CT molecular complexity index is 1350. The number of carbonyl (C=O) groups excluding carboxylic acids is 4. The largest absolute Gasteiger partial charge is 0.495 e. The highest BCUT2D eigenvalue weighted by Gasteiger charge is 2.42. The minimum Gasteiger partial charge on any atom is -0.495 e. The van der Waals surface area contributed by atoms with Gasteiger partial charge in [-0.1, -0.05) is 54.6 Å². The van der Waals surface area contributed by atoms with Gasteiger partial charge in [0.15, 0.2) is 11.5 Å². The smallest absolute Gasteiger partial charge is 0.371 e. The van der Waals surface area contributed by atoms with Crippen LogP contribution in [0, 0.1) is 0 Å². The third kappa shape index (κ3) is 5.78. The number of hydrogen-bond donors (Lipinski definition) is 0. The first kappa shape index (κ1) is 28.6. The summed E-state index contributed by atoms with van der Waals surface area (Å²) in [6.45, 7) is 1.56. The van der Waals surface area contributed by atoms with E-state index in [1.807, 2.05) is 48.6 Å². The monoisotopic (exact) mass is 547 g/mol. The van der Waals surface area contributed by atoms with E-state index in [2.05, 4.69) is 6.08 Å². The van der Waals surface area contributed by atoms with Crippen molar-refractivity contribution in [1.29, 1.82) is 0 Å². The van der Waals surface area contributed by atoms with Gasteiger partial charge < -0.3 is 23.8 Å². The van der Waals surface area contributed by atoms with Crippen molar-refractivity contribution in [2.45, 2.75) is 50.9 Å². The van der Waals surface area contributed by atoms with Gasteiger partial charge in [-0.05, 0) is 25.3 Å². The number of hydrogen-bond acceptors (Lipinski definition) is 8. The number of ether oxygens (including phenoxy) is 3. The van der Waals surface area contributed by atoms with E-state index in [4.69, 9.17) is 19.0 Å². The number of fused-ring (bicyclic) bond motifs is 1. The third-order valence-electron chi connectivity index (χ3n) is 7.04. The first-order valence-electron chi connectivity index (χ1n) is 13.1. The van der Waals surface area contributed by atoms with Crippen molar-refractivity contribution in [3.05, 3.63) is 70.8 Å². The van der Waals surface area contributed by atoms with Crippen molar-refractivity contribution >= 4 is 29.6 Å². The van der Waals surface area contributed by atoms with Crippen LogP contribution in [0.5, 0.6) is 17.2 Å². The number of amides is 2. The van der Waals surface area contributed by atoms with E-state index in [-0.39, 0.29) is 47.5 Å². The van der Waals surface area contributed by atoms with Gasteiger partial charge in [0, 0.05) is 42.2 Å². The lowest BCUT2D eigenvalue weighted by Crippen LogP contribution is -2.32. The van der Waals surface area contributed by atoms with E-state index in [1.54, 1.807) is 6.92 Å².